The van der Waals surface area contributed by atoms with Crippen molar-refractivity contribution in [2.75, 3.05) is 12.1 Å². The lowest BCUT2D eigenvalue weighted by atomic mass is 9.94. The second-order valence-electron chi connectivity index (χ2n) is 8.22. The average molecular weight is 439 g/mol. The van der Waals surface area contributed by atoms with E-state index in [1.54, 1.807) is 30.3 Å². The van der Waals surface area contributed by atoms with Gasteiger partial charge in [0.15, 0.2) is 11.5 Å². The molecule has 1 fully saturated rings. The maximum Gasteiger partial charge on any atom is 0.416 e. The van der Waals surface area contributed by atoms with Crippen LogP contribution in [-0.2, 0) is 16.4 Å². The van der Waals surface area contributed by atoms with Gasteiger partial charge in [0.1, 0.15) is 0 Å². The number of hydrogen-bond donors (Lipinski definition) is 1. The zero-order chi connectivity index (χ0) is 22.5. The van der Waals surface area contributed by atoms with Gasteiger partial charge in [-0.1, -0.05) is 30.3 Å². The maximum atomic E-state index is 13.6. The highest BCUT2D eigenvalue weighted by atomic mass is 19.4. The number of aryl methyl sites for hydroxylation is 1. The van der Waals surface area contributed by atoms with Gasteiger partial charge in [-0.3, -0.25) is 4.79 Å². The summed E-state index contributed by atoms with van der Waals surface area (Å²) in [7, 11) is 0. The number of ether oxygens (including phenoxy) is 2. The Morgan fingerprint density at radius 1 is 0.969 bits per heavy atom. The predicted octanol–water partition coefficient (Wildman–Crippen LogP) is 6.08. The lowest BCUT2D eigenvalue weighted by Crippen LogP contribution is -2.28. The van der Waals surface area contributed by atoms with Gasteiger partial charge >= 0.3 is 6.18 Å². The third-order valence-electron chi connectivity index (χ3n) is 6.08. The normalized spacial score (nSPS) is 16.0. The molecule has 4 nitrogen and oxygen atoms in total. The lowest BCUT2D eigenvalue weighted by Gasteiger charge is -2.18. The van der Waals surface area contributed by atoms with E-state index in [-0.39, 0.29) is 18.4 Å². The van der Waals surface area contributed by atoms with Crippen molar-refractivity contribution >= 4 is 11.6 Å². The van der Waals surface area contributed by atoms with E-state index in [0.29, 0.717) is 35.5 Å². The van der Waals surface area contributed by atoms with Gasteiger partial charge in [0, 0.05) is 5.69 Å². The van der Waals surface area contributed by atoms with Crippen LogP contribution in [0.5, 0.6) is 11.5 Å². The van der Waals surface area contributed by atoms with Crippen LogP contribution in [0.2, 0.25) is 0 Å². The Bertz CT molecular complexity index is 1220. The van der Waals surface area contributed by atoms with Gasteiger partial charge in [-0.15, -0.1) is 0 Å². The van der Waals surface area contributed by atoms with Gasteiger partial charge in [-0.2, -0.15) is 13.2 Å². The van der Waals surface area contributed by atoms with E-state index in [2.05, 4.69) is 5.32 Å². The Kier molecular flexibility index (Phi) is 4.65. The summed E-state index contributed by atoms with van der Waals surface area (Å²) >= 11 is 0. The number of halogens is 3. The molecule has 2 aliphatic rings. The molecule has 32 heavy (non-hydrogen) atoms. The molecule has 1 heterocycles. The van der Waals surface area contributed by atoms with Crippen LogP contribution in [0.4, 0.5) is 18.9 Å². The largest absolute Gasteiger partial charge is 0.454 e. The third kappa shape index (κ3) is 3.57. The summed E-state index contributed by atoms with van der Waals surface area (Å²) in [5.41, 5.74) is 1.25. The van der Waals surface area contributed by atoms with Crippen LogP contribution in [0.1, 0.15) is 29.5 Å². The fourth-order valence-corrected chi connectivity index (χ4v) is 4.13. The first-order chi connectivity index (χ1) is 15.3. The molecular formula is C25H20F3NO3. The molecule has 3 aromatic carbocycles. The molecule has 1 saturated carbocycles. The second kappa shape index (κ2) is 7.29. The predicted molar refractivity (Wildman–Crippen MR) is 114 cm³/mol. The van der Waals surface area contributed by atoms with Crippen molar-refractivity contribution in [2.24, 2.45) is 0 Å². The fraction of sp³-hybridized carbons (Fsp3) is 0.240. The molecule has 164 valence electrons. The number of hydrogen-bond acceptors (Lipinski definition) is 3. The number of nitrogens with one attached hydrogen (secondary N) is 1. The highest BCUT2D eigenvalue weighted by Crippen LogP contribution is 2.51. The summed E-state index contributed by atoms with van der Waals surface area (Å²) in [5.74, 6) is 0.861. The topological polar surface area (TPSA) is 47.6 Å². The first kappa shape index (κ1) is 20.4. The average Bonchev–Trinajstić information content (AvgIpc) is 3.44. The molecule has 1 N–H and O–H groups in total. The summed E-state index contributed by atoms with van der Waals surface area (Å²) in [6, 6.07) is 16.2. The molecule has 1 amide bonds. The molecule has 0 bridgehead atoms. The van der Waals surface area contributed by atoms with Gasteiger partial charge in [-0.05, 0) is 72.4 Å². The monoisotopic (exact) mass is 439 g/mol. The van der Waals surface area contributed by atoms with Gasteiger partial charge in [0.25, 0.3) is 0 Å². The van der Waals surface area contributed by atoms with Crippen molar-refractivity contribution in [3.8, 4) is 22.6 Å². The Morgan fingerprint density at radius 3 is 2.44 bits per heavy atom. The van der Waals surface area contributed by atoms with E-state index in [1.165, 1.54) is 0 Å². The van der Waals surface area contributed by atoms with Crippen molar-refractivity contribution in [1.29, 1.82) is 0 Å². The molecule has 1 aliphatic carbocycles. The summed E-state index contributed by atoms with van der Waals surface area (Å²) in [6.45, 7) is 1.97. The fourth-order valence-electron chi connectivity index (χ4n) is 4.13. The zero-order valence-corrected chi connectivity index (χ0v) is 17.3. The standard InChI is InChI=1S/C25H20F3NO3/c1-15-4-2-3-5-20(15)16-10-18(25(26,27)28)12-19(11-16)29-23(30)24(8-9-24)17-6-7-21-22(13-17)32-14-31-21/h2-7,10-13H,8-9,14H2,1H3,(H,29,30). The minimum absolute atomic E-state index is 0.120. The SMILES string of the molecule is Cc1ccccc1-c1cc(NC(=O)C2(c3ccc4c(c3)OCO4)CC2)cc(C(F)(F)F)c1. The summed E-state index contributed by atoms with van der Waals surface area (Å²) < 4.78 is 51.5. The molecular weight excluding hydrogens is 419 g/mol. The minimum Gasteiger partial charge on any atom is -0.454 e. The highest BCUT2D eigenvalue weighted by molar-refractivity contribution is 6.02. The second-order valence-corrected chi connectivity index (χ2v) is 8.22. The molecule has 0 radical (unpaired) electrons. The van der Waals surface area contributed by atoms with Crippen molar-refractivity contribution < 1.29 is 27.4 Å². The van der Waals surface area contributed by atoms with Crippen LogP contribution < -0.4 is 14.8 Å². The first-order valence-electron chi connectivity index (χ1n) is 10.3. The van der Waals surface area contributed by atoms with Gasteiger partial charge in [0.05, 0.1) is 11.0 Å². The number of alkyl halides is 3. The molecule has 1 aliphatic heterocycles. The molecule has 0 unspecified atom stereocenters. The van der Waals surface area contributed by atoms with E-state index in [1.807, 2.05) is 25.1 Å². The van der Waals surface area contributed by atoms with E-state index in [9.17, 15) is 18.0 Å². The molecule has 0 saturated heterocycles. The number of benzene rings is 3. The number of fused-ring (bicyclic) bond motifs is 1. The van der Waals surface area contributed by atoms with Crippen molar-refractivity contribution in [3.63, 3.8) is 0 Å². The number of amides is 1. The summed E-state index contributed by atoms with van der Waals surface area (Å²) in [4.78, 5) is 13.2. The highest BCUT2D eigenvalue weighted by Gasteiger charge is 2.51. The molecule has 0 spiro atoms. The third-order valence-corrected chi connectivity index (χ3v) is 6.08. The maximum absolute atomic E-state index is 13.6. The molecule has 7 heteroatoms. The Balaban J connectivity index is 1.49. The van der Waals surface area contributed by atoms with E-state index in [4.69, 9.17) is 9.47 Å². The van der Waals surface area contributed by atoms with Crippen LogP contribution >= 0.6 is 0 Å². The zero-order valence-electron chi connectivity index (χ0n) is 17.3. The van der Waals surface area contributed by atoms with Crippen LogP contribution in [-0.4, -0.2) is 12.7 Å². The minimum atomic E-state index is -4.53. The summed E-state index contributed by atoms with van der Waals surface area (Å²) in [5, 5.41) is 2.74. The van der Waals surface area contributed by atoms with Gasteiger partial charge in [0.2, 0.25) is 12.7 Å². The number of carbonyl (C=O) groups is 1. The van der Waals surface area contributed by atoms with Crippen LogP contribution in [0, 0.1) is 6.92 Å². The van der Waals surface area contributed by atoms with Crippen LogP contribution in [0.3, 0.4) is 0 Å². The van der Waals surface area contributed by atoms with Crippen molar-refractivity contribution in [1.82, 2.24) is 0 Å². The molecule has 5 rings (SSSR count). The lowest BCUT2D eigenvalue weighted by molar-refractivity contribution is -0.137. The summed E-state index contributed by atoms with van der Waals surface area (Å²) in [6.07, 6.45) is -3.31. The Morgan fingerprint density at radius 2 is 1.72 bits per heavy atom. The van der Waals surface area contributed by atoms with Crippen LogP contribution in [0.15, 0.2) is 60.7 Å². The van der Waals surface area contributed by atoms with Crippen molar-refractivity contribution in [3.05, 3.63) is 77.4 Å². The smallest absolute Gasteiger partial charge is 0.416 e. The van der Waals surface area contributed by atoms with Crippen LogP contribution in [0.25, 0.3) is 11.1 Å². The van der Waals surface area contributed by atoms with Gasteiger partial charge < -0.3 is 14.8 Å². The molecule has 0 aromatic heterocycles. The Labute approximate surface area is 183 Å². The number of rotatable bonds is 4. The van der Waals surface area contributed by atoms with E-state index < -0.39 is 17.2 Å². The first-order valence-corrected chi connectivity index (χ1v) is 10.3. The number of anilines is 1. The Hall–Kier alpha value is -3.48. The molecule has 0 atom stereocenters. The molecule has 3 aromatic rings. The quantitative estimate of drug-likeness (QED) is 0.536. The number of carbonyl (C=O) groups excluding carboxylic acids is 1. The van der Waals surface area contributed by atoms with E-state index in [0.717, 1.165) is 23.3 Å². The van der Waals surface area contributed by atoms with Crippen molar-refractivity contribution in [2.45, 2.75) is 31.4 Å². The van der Waals surface area contributed by atoms with E-state index >= 15 is 0 Å². The van der Waals surface area contributed by atoms with Gasteiger partial charge in [-0.25, -0.2) is 0 Å².